The molecule has 0 aromatic rings. The third-order valence-corrected chi connectivity index (χ3v) is 3.74. The molecular formula is C16H25N5O10. The van der Waals surface area contributed by atoms with Crippen molar-refractivity contribution >= 4 is 41.5 Å². The molecule has 10 N–H and O–H groups in total. The zero-order chi connectivity index (χ0) is 24.1. The predicted molar refractivity (Wildman–Crippen MR) is 100 cm³/mol. The summed E-state index contributed by atoms with van der Waals surface area (Å²) in [6.07, 6.45) is -2.36. The summed E-state index contributed by atoms with van der Waals surface area (Å²) in [6, 6.07) is -4.40. The van der Waals surface area contributed by atoms with E-state index in [9.17, 15) is 33.6 Å². The lowest BCUT2D eigenvalue weighted by atomic mass is 10.1. The van der Waals surface area contributed by atoms with Crippen LogP contribution in [0, 0.1) is 0 Å². The van der Waals surface area contributed by atoms with E-state index in [1.54, 1.807) is 0 Å². The molecule has 15 nitrogen and oxygen atoms in total. The summed E-state index contributed by atoms with van der Waals surface area (Å²) in [4.78, 5) is 79.8. The summed E-state index contributed by atoms with van der Waals surface area (Å²) in [5, 5.41) is 32.3. The van der Waals surface area contributed by atoms with Gasteiger partial charge in [0.2, 0.25) is 23.6 Å². The molecule has 15 heteroatoms. The van der Waals surface area contributed by atoms with Crippen molar-refractivity contribution in [3.05, 3.63) is 0 Å². The summed E-state index contributed by atoms with van der Waals surface area (Å²) in [5.74, 6) is -7.93. The van der Waals surface area contributed by atoms with Crippen molar-refractivity contribution in [1.82, 2.24) is 16.0 Å². The Morgan fingerprint density at radius 3 is 1.71 bits per heavy atom. The van der Waals surface area contributed by atoms with Crippen LogP contribution in [0.4, 0.5) is 0 Å². The Balaban J connectivity index is 5.31. The highest BCUT2D eigenvalue weighted by molar-refractivity contribution is 5.95. The second-order valence-corrected chi connectivity index (χ2v) is 6.38. The molecule has 0 heterocycles. The van der Waals surface area contributed by atoms with Crippen LogP contribution in [0.3, 0.4) is 0 Å². The minimum absolute atomic E-state index is 0.254. The third kappa shape index (κ3) is 12.4. The third-order valence-electron chi connectivity index (χ3n) is 3.74. The van der Waals surface area contributed by atoms with Gasteiger partial charge in [0.15, 0.2) is 0 Å². The number of carbonyl (C=O) groups excluding carboxylic acids is 4. The molecule has 0 bridgehead atoms. The molecule has 0 aliphatic carbocycles. The summed E-state index contributed by atoms with van der Waals surface area (Å²) < 4.78 is 0. The molecule has 0 saturated carbocycles. The van der Waals surface area contributed by atoms with E-state index in [-0.39, 0.29) is 6.42 Å². The average Bonchev–Trinajstić information content (AvgIpc) is 2.65. The summed E-state index contributed by atoms with van der Waals surface area (Å²) >= 11 is 0. The summed E-state index contributed by atoms with van der Waals surface area (Å²) in [7, 11) is 0. The zero-order valence-electron chi connectivity index (χ0n) is 16.3. The first-order valence-corrected chi connectivity index (χ1v) is 8.91. The molecule has 0 rings (SSSR count). The largest absolute Gasteiger partial charge is 0.481 e. The lowest BCUT2D eigenvalue weighted by Crippen LogP contribution is -2.56. The molecule has 0 radical (unpaired) electrons. The standard InChI is InChI=1S/C16H25N5O10/c17-7(1-3-11(23)24)14(29)20-8(2-4-12(25)26)16(31)21-9(5-10(18)22)15(30)19-6-13(27)28/h7-9H,1-6,17H2,(H2,18,22)(H,19,30)(H,20,29)(H,21,31)(H,23,24)(H,25,26)(H,27,28). The quantitative estimate of drug-likeness (QED) is 0.120. The van der Waals surface area contributed by atoms with Crippen molar-refractivity contribution in [2.75, 3.05) is 6.54 Å². The normalized spacial score (nSPS) is 13.2. The number of rotatable bonds is 15. The van der Waals surface area contributed by atoms with Gasteiger partial charge in [-0.3, -0.25) is 33.6 Å². The molecule has 174 valence electrons. The number of amides is 4. The molecule has 0 aromatic carbocycles. The van der Waals surface area contributed by atoms with E-state index < -0.39 is 91.9 Å². The first kappa shape index (κ1) is 27.2. The van der Waals surface area contributed by atoms with Gasteiger partial charge < -0.3 is 42.7 Å². The molecule has 0 saturated heterocycles. The van der Waals surface area contributed by atoms with Crippen molar-refractivity contribution in [3.63, 3.8) is 0 Å². The minimum Gasteiger partial charge on any atom is -0.481 e. The number of nitrogens with two attached hydrogens (primary N) is 2. The Morgan fingerprint density at radius 1 is 0.710 bits per heavy atom. The Hall–Kier alpha value is -3.75. The van der Waals surface area contributed by atoms with Crippen molar-refractivity contribution in [2.24, 2.45) is 11.5 Å². The fourth-order valence-electron chi connectivity index (χ4n) is 2.19. The Bertz CT molecular complexity index is 726. The van der Waals surface area contributed by atoms with E-state index in [4.69, 9.17) is 26.8 Å². The van der Waals surface area contributed by atoms with Crippen molar-refractivity contribution in [3.8, 4) is 0 Å². The van der Waals surface area contributed by atoms with Crippen LogP contribution in [0.25, 0.3) is 0 Å². The van der Waals surface area contributed by atoms with Gasteiger partial charge in [-0.25, -0.2) is 0 Å². The molecule has 0 aromatic heterocycles. The van der Waals surface area contributed by atoms with Gasteiger partial charge in [-0.05, 0) is 12.8 Å². The molecule has 3 unspecified atom stereocenters. The van der Waals surface area contributed by atoms with Crippen molar-refractivity contribution in [1.29, 1.82) is 0 Å². The van der Waals surface area contributed by atoms with Crippen molar-refractivity contribution in [2.45, 2.75) is 50.2 Å². The van der Waals surface area contributed by atoms with Crippen LogP contribution in [0.15, 0.2) is 0 Å². The van der Waals surface area contributed by atoms with Gasteiger partial charge in [0, 0.05) is 12.8 Å². The smallest absolute Gasteiger partial charge is 0.322 e. The van der Waals surface area contributed by atoms with E-state index in [1.165, 1.54) is 0 Å². The minimum atomic E-state index is -1.59. The van der Waals surface area contributed by atoms with Crippen LogP contribution in [-0.4, -0.2) is 81.5 Å². The highest BCUT2D eigenvalue weighted by Crippen LogP contribution is 2.03. The molecule has 0 fully saturated rings. The number of hydrogen-bond donors (Lipinski definition) is 8. The van der Waals surface area contributed by atoms with Crippen LogP contribution in [-0.2, 0) is 33.6 Å². The Labute approximate surface area is 175 Å². The maximum absolute atomic E-state index is 12.5. The average molecular weight is 447 g/mol. The Morgan fingerprint density at radius 2 is 1.23 bits per heavy atom. The number of aliphatic carboxylic acids is 3. The molecule has 0 aliphatic heterocycles. The van der Waals surface area contributed by atoms with E-state index in [2.05, 4.69) is 10.6 Å². The molecule has 4 amide bonds. The zero-order valence-corrected chi connectivity index (χ0v) is 16.3. The number of nitrogens with one attached hydrogen (secondary N) is 3. The number of carboxylic acids is 3. The fourth-order valence-corrected chi connectivity index (χ4v) is 2.19. The second kappa shape index (κ2) is 13.5. The monoisotopic (exact) mass is 447 g/mol. The van der Waals surface area contributed by atoms with Gasteiger partial charge in [-0.15, -0.1) is 0 Å². The van der Waals surface area contributed by atoms with E-state index in [1.807, 2.05) is 5.32 Å². The number of hydrogen-bond acceptors (Lipinski definition) is 8. The van der Waals surface area contributed by atoms with Gasteiger partial charge in [-0.1, -0.05) is 0 Å². The van der Waals surface area contributed by atoms with Crippen LogP contribution in [0.2, 0.25) is 0 Å². The lowest BCUT2D eigenvalue weighted by Gasteiger charge is -2.23. The molecular weight excluding hydrogens is 422 g/mol. The van der Waals surface area contributed by atoms with Crippen LogP contribution < -0.4 is 27.4 Å². The number of primary amides is 1. The van der Waals surface area contributed by atoms with Crippen molar-refractivity contribution < 1.29 is 48.9 Å². The SMILES string of the molecule is NC(=O)CC(NC(=O)C(CCC(=O)O)NC(=O)C(N)CCC(=O)O)C(=O)NCC(=O)O. The van der Waals surface area contributed by atoms with Gasteiger partial charge in [0.25, 0.3) is 0 Å². The van der Waals surface area contributed by atoms with Crippen LogP contribution >= 0.6 is 0 Å². The first-order chi connectivity index (χ1) is 14.3. The first-order valence-electron chi connectivity index (χ1n) is 8.91. The molecule has 3 atom stereocenters. The van der Waals surface area contributed by atoms with Gasteiger partial charge in [0.1, 0.15) is 18.6 Å². The number of carbonyl (C=O) groups is 7. The maximum atomic E-state index is 12.5. The highest BCUT2D eigenvalue weighted by atomic mass is 16.4. The Kier molecular flexibility index (Phi) is 11.8. The van der Waals surface area contributed by atoms with Gasteiger partial charge >= 0.3 is 17.9 Å². The molecule has 31 heavy (non-hydrogen) atoms. The van der Waals surface area contributed by atoms with E-state index in [0.29, 0.717) is 0 Å². The summed E-state index contributed by atoms with van der Waals surface area (Å²) in [5.41, 5.74) is 10.6. The van der Waals surface area contributed by atoms with Crippen LogP contribution in [0.1, 0.15) is 32.1 Å². The predicted octanol–water partition coefficient (Wildman–Crippen LogP) is -3.91. The highest BCUT2D eigenvalue weighted by Gasteiger charge is 2.29. The maximum Gasteiger partial charge on any atom is 0.322 e. The van der Waals surface area contributed by atoms with Gasteiger partial charge in [-0.2, -0.15) is 0 Å². The lowest BCUT2D eigenvalue weighted by molar-refractivity contribution is -0.140. The molecule has 0 aliphatic rings. The topological polar surface area (TPSA) is 268 Å². The van der Waals surface area contributed by atoms with E-state index in [0.717, 1.165) is 0 Å². The van der Waals surface area contributed by atoms with Gasteiger partial charge in [0.05, 0.1) is 12.5 Å². The van der Waals surface area contributed by atoms with Crippen LogP contribution in [0.5, 0.6) is 0 Å². The fraction of sp³-hybridized carbons (Fsp3) is 0.562. The van der Waals surface area contributed by atoms with E-state index >= 15 is 0 Å². The molecule has 0 spiro atoms. The summed E-state index contributed by atoms with van der Waals surface area (Å²) in [6.45, 7) is -0.804. The number of carboxylic acid groups (broad SMARTS) is 3. The second-order valence-electron chi connectivity index (χ2n) is 6.38.